The largest absolute Gasteiger partial charge is 0.417 e. The van der Waals surface area contributed by atoms with Crippen molar-refractivity contribution in [2.75, 3.05) is 5.32 Å². The zero-order valence-electron chi connectivity index (χ0n) is 16.5. The van der Waals surface area contributed by atoms with Gasteiger partial charge in [-0.15, -0.1) is 0 Å². The summed E-state index contributed by atoms with van der Waals surface area (Å²) in [4.78, 5) is 8.17. The van der Waals surface area contributed by atoms with E-state index in [0.717, 1.165) is 18.2 Å². The van der Waals surface area contributed by atoms with Crippen molar-refractivity contribution in [2.45, 2.75) is 12.4 Å². The van der Waals surface area contributed by atoms with Gasteiger partial charge >= 0.3 is 12.4 Å². The van der Waals surface area contributed by atoms with Gasteiger partial charge in [0.25, 0.3) is 0 Å². The summed E-state index contributed by atoms with van der Waals surface area (Å²) in [5, 5.41) is 12.8. The monoisotopic (exact) mass is 458 g/mol. The van der Waals surface area contributed by atoms with E-state index in [4.69, 9.17) is 0 Å². The van der Waals surface area contributed by atoms with Crippen LogP contribution in [0.25, 0.3) is 22.0 Å². The number of nitriles is 1. The number of anilines is 2. The molecule has 0 unspecified atom stereocenters. The van der Waals surface area contributed by atoms with E-state index < -0.39 is 23.5 Å². The van der Waals surface area contributed by atoms with Crippen molar-refractivity contribution in [1.82, 2.24) is 9.97 Å². The minimum atomic E-state index is -4.63. The van der Waals surface area contributed by atoms with Crippen molar-refractivity contribution < 1.29 is 26.3 Å². The Morgan fingerprint density at radius 2 is 1.48 bits per heavy atom. The molecule has 0 saturated heterocycles. The van der Waals surface area contributed by atoms with Crippen LogP contribution in [0.4, 0.5) is 37.8 Å². The smallest absolute Gasteiger partial charge is 0.340 e. The van der Waals surface area contributed by atoms with Gasteiger partial charge in [0.15, 0.2) is 0 Å². The lowest BCUT2D eigenvalue weighted by atomic mass is 9.94. The molecule has 0 atom stereocenters. The summed E-state index contributed by atoms with van der Waals surface area (Å²) in [6.45, 7) is 0. The molecule has 166 valence electrons. The number of hydrogen-bond acceptors (Lipinski definition) is 4. The molecule has 4 nitrogen and oxygen atoms in total. The van der Waals surface area contributed by atoms with Crippen LogP contribution in [0.5, 0.6) is 0 Å². The summed E-state index contributed by atoms with van der Waals surface area (Å²) in [6, 6.07) is 13.7. The Balaban J connectivity index is 1.80. The molecule has 0 aliphatic rings. The van der Waals surface area contributed by atoms with Crippen LogP contribution in [0, 0.1) is 11.3 Å². The van der Waals surface area contributed by atoms with Crippen molar-refractivity contribution in [1.29, 1.82) is 5.26 Å². The van der Waals surface area contributed by atoms with Gasteiger partial charge in [0.1, 0.15) is 12.1 Å². The number of rotatable bonds is 3. The first kappa shape index (κ1) is 22.1. The van der Waals surface area contributed by atoms with E-state index in [0.29, 0.717) is 11.1 Å². The van der Waals surface area contributed by atoms with E-state index in [9.17, 15) is 31.6 Å². The predicted molar refractivity (Wildman–Crippen MR) is 109 cm³/mol. The number of benzene rings is 3. The fraction of sp³-hybridized carbons (Fsp3) is 0.0870. The summed E-state index contributed by atoms with van der Waals surface area (Å²) in [5.74, 6) is 0.187. The van der Waals surface area contributed by atoms with Gasteiger partial charge in [0.2, 0.25) is 0 Å². The summed E-state index contributed by atoms with van der Waals surface area (Å²) in [7, 11) is 0. The SMILES string of the molecule is N#Cc1cc2c(Nc3ccc(C(F)(F)F)cc3)ncnc2cc1-c1ccccc1C(F)(F)F. The van der Waals surface area contributed by atoms with E-state index in [1.54, 1.807) is 0 Å². The highest BCUT2D eigenvalue weighted by Crippen LogP contribution is 2.39. The Hall–Kier alpha value is -4.13. The number of nitrogens with zero attached hydrogens (tertiary/aromatic N) is 3. The molecular weight excluding hydrogens is 446 g/mol. The van der Waals surface area contributed by atoms with Crippen LogP contribution in [-0.2, 0) is 12.4 Å². The number of fused-ring (bicyclic) bond motifs is 1. The van der Waals surface area contributed by atoms with E-state index >= 15 is 0 Å². The molecular formula is C23H12F6N4. The molecule has 0 aliphatic heterocycles. The Kier molecular flexibility index (Phi) is 5.41. The molecule has 1 aromatic heterocycles. The zero-order chi connectivity index (χ0) is 23.8. The highest BCUT2D eigenvalue weighted by Gasteiger charge is 2.34. The lowest BCUT2D eigenvalue weighted by Gasteiger charge is -2.15. The minimum Gasteiger partial charge on any atom is -0.340 e. The summed E-state index contributed by atoms with van der Waals surface area (Å²) in [6.07, 6.45) is -7.94. The van der Waals surface area contributed by atoms with Gasteiger partial charge in [0.05, 0.1) is 28.3 Å². The van der Waals surface area contributed by atoms with E-state index in [1.807, 2.05) is 6.07 Å². The van der Waals surface area contributed by atoms with Gasteiger partial charge < -0.3 is 5.32 Å². The van der Waals surface area contributed by atoms with Crippen LogP contribution in [0.3, 0.4) is 0 Å². The molecule has 0 radical (unpaired) electrons. The molecule has 0 amide bonds. The van der Waals surface area contributed by atoms with Crippen molar-refractivity contribution in [3.05, 3.63) is 83.7 Å². The van der Waals surface area contributed by atoms with Crippen molar-refractivity contribution in [2.24, 2.45) is 0 Å². The Bertz CT molecular complexity index is 1370. The molecule has 0 aliphatic carbocycles. The van der Waals surface area contributed by atoms with Gasteiger partial charge in [0, 0.05) is 16.6 Å². The lowest BCUT2D eigenvalue weighted by Crippen LogP contribution is -2.07. The van der Waals surface area contributed by atoms with Crippen LogP contribution in [-0.4, -0.2) is 9.97 Å². The van der Waals surface area contributed by atoms with Crippen LogP contribution in [0.2, 0.25) is 0 Å². The van der Waals surface area contributed by atoms with Crippen molar-refractivity contribution in [3.63, 3.8) is 0 Å². The van der Waals surface area contributed by atoms with Crippen molar-refractivity contribution >= 4 is 22.4 Å². The van der Waals surface area contributed by atoms with Crippen molar-refractivity contribution in [3.8, 4) is 17.2 Å². The second kappa shape index (κ2) is 8.09. The third kappa shape index (κ3) is 4.43. The molecule has 4 aromatic rings. The first-order valence-corrected chi connectivity index (χ1v) is 9.37. The third-order valence-corrected chi connectivity index (χ3v) is 4.89. The zero-order valence-corrected chi connectivity index (χ0v) is 16.5. The average Bonchev–Trinajstić information content (AvgIpc) is 2.77. The summed E-state index contributed by atoms with van der Waals surface area (Å²) >= 11 is 0. The number of aromatic nitrogens is 2. The predicted octanol–water partition coefficient (Wildman–Crippen LogP) is 6.95. The third-order valence-electron chi connectivity index (χ3n) is 4.89. The maximum absolute atomic E-state index is 13.5. The van der Waals surface area contributed by atoms with Crippen LogP contribution >= 0.6 is 0 Å². The molecule has 1 N–H and O–H groups in total. The fourth-order valence-corrected chi connectivity index (χ4v) is 3.36. The number of hydrogen-bond donors (Lipinski definition) is 1. The molecule has 4 rings (SSSR count). The van der Waals surface area contributed by atoms with E-state index in [2.05, 4.69) is 15.3 Å². The first-order valence-electron chi connectivity index (χ1n) is 9.37. The highest BCUT2D eigenvalue weighted by atomic mass is 19.4. The molecule has 0 saturated carbocycles. The van der Waals surface area contributed by atoms with Crippen LogP contribution in [0.1, 0.15) is 16.7 Å². The normalized spacial score (nSPS) is 11.9. The Labute approximate surface area is 183 Å². The standard InChI is InChI=1S/C23H12F6N4/c24-22(25,26)14-5-7-15(8-6-14)33-21-18-9-13(11-30)17(10-20(18)31-12-32-21)16-3-1-2-4-19(16)23(27,28)29/h1-10,12H,(H,31,32,33). The maximum atomic E-state index is 13.5. The molecule has 10 heteroatoms. The molecule has 0 spiro atoms. The topological polar surface area (TPSA) is 61.6 Å². The molecule has 1 heterocycles. The second-order valence-electron chi connectivity index (χ2n) is 6.99. The Morgan fingerprint density at radius 1 is 0.788 bits per heavy atom. The summed E-state index contributed by atoms with van der Waals surface area (Å²) < 4.78 is 78.8. The van der Waals surface area contributed by atoms with Gasteiger partial charge in [-0.3, -0.25) is 0 Å². The molecule has 3 aromatic carbocycles. The van der Waals surface area contributed by atoms with E-state index in [1.165, 1.54) is 48.8 Å². The maximum Gasteiger partial charge on any atom is 0.417 e. The van der Waals surface area contributed by atoms with E-state index in [-0.39, 0.29) is 28.0 Å². The Morgan fingerprint density at radius 3 is 2.12 bits per heavy atom. The quantitative estimate of drug-likeness (QED) is 0.338. The lowest BCUT2D eigenvalue weighted by molar-refractivity contribution is -0.138. The number of nitrogens with one attached hydrogen (secondary N) is 1. The highest BCUT2D eigenvalue weighted by molar-refractivity contribution is 5.95. The number of halogens is 6. The fourth-order valence-electron chi connectivity index (χ4n) is 3.36. The average molecular weight is 458 g/mol. The van der Waals surface area contributed by atoms with Gasteiger partial charge in [-0.2, -0.15) is 31.6 Å². The molecule has 33 heavy (non-hydrogen) atoms. The molecule has 0 fully saturated rings. The number of alkyl halides is 6. The summed E-state index contributed by atoms with van der Waals surface area (Å²) in [5.41, 5.74) is -1.31. The first-order chi connectivity index (χ1) is 15.6. The minimum absolute atomic E-state index is 0.0375. The van der Waals surface area contributed by atoms with Crippen LogP contribution < -0.4 is 5.32 Å². The van der Waals surface area contributed by atoms with Gasteiger partial charge in [-0.05, 0) is 48.0 Å². The van der Waals surface area contributed by atoms with Crippen LogP contribution in [0.15, 0.2) is 67.0 Å². The van der Waals surface area contributed by atoms with Gasteiger partial charge in [-0.25, -0.2) is 9.97 Å². The molecule has 0 bridgehead atoms. The second-order valence-corrected chi connectivity index (χ2v) is 6.99. The van der Waals surface area contributed by atoms with Gasteiger partial charge in [-0.1, -0.05) is 18.2 Å².